The number of benzene rings is 1. The minimum Gasteiger partial charge on any atom is -0.359 e. The standard InChI is InChI=1S/C12H13NO2/c1-2-14-12-9-8-11(13-15-12)10-6-4-3-5-7-10/h3-9,12H,2H2,1H3/t12-/m0/s1. The fourth-order valence-corrected chi connectivity index (χ4v) is 1.35. The first-order valence-corrected chi connectivity index (χ1v) is 4.99. The van der Waals surface area contributed by atoms with E-state index in [4.69, 9.17) is 9.57 Å². The van der Waals surface area contributed by atoms with Gasteiger partial charge in [-0.05, 0) is 19.1 Å². The van der Waals surface area contributed by atoms with Gasteiger partial charge in [0.2, 0.25) is 6.29 Å². The van der Waals surface area contributed by atoms with E-state index in [9.17, 15) is 0 Å². The minimum absolute atomic E-state index is 0.345. The third-order valence-corrected chi connectivity index (χ3v) is 2.07. The Labute approximate surface area is 89.0 Å². The molecule has 1 atom stereocenters. The number of oxime groups is 1. The maximum absolute atomic E-state index is 5.25. The molecule has 1 heterocycles. The van der Waals surface area contributed by atoms with Gasteiger partial charge in [-0.2, -0.15) is 0 Å². The van der Waals surface area contributed by atoms with Gasteiger partial charge in [0.1, 0.15) is 5.71 Å². The van der Waals surface area contributed by atoms with Crippen molar-refractivity contribution in [3.8, 4) is 0 Å². The molecule has 1 aliphatic rings. The number of rotatable bonds is 3. The molecule has 0 unspecified atom stereocenters. The van der Waals surface area contributed by atoms with Gasteiger partial charge < -0.3 is 9.57 Å². The third-order valence-electron chi connectivity index (χ3n) is 2.07. The Bertz CT molecular complexity index is 370. The molecule has 0 radical (unpaired) electrons. The molecule has 3 nitrogen and oxygen atoms in total. The van der Waals surface area contributed by atoms with Gasteiger partial charge in [-0.15, -0.1) is 0 Å². The van der Waals surface area contributed by atoms with Crippen LogP contribution in [0.3, 0.4) is 0 Å². The molecule has 0 bridgehead atoms. The highest BCUT2D eigenvalue weighted by Crippen LogP contribution is 2.10. The summed E-state index contributed by atoms with van der Waals surface area (Å²) < 4.78 is 5.25. The molecule has 0 spiro atoms. The van der Waals surface area contributed by atoms with Crippen LogP contribution < -0.4 is 0 Å². The Balaban J connectivity index is 2.07. The average Bonchev–Trinajstić information content (AvgIpc) is 2.32. The van der Waals surface area contributed by atoms with E-state index in [0.717, 1.165) is 11.3 Å². The van der Waals surface area contributed by atoms with Crippen LogP contribution in [-0.4, -0.2) is 18.6 Å². The molecule has 0 aliphatic carbocycles. The second-order valence-electron chi connectivity index (χ2n) is 3.13. The summed E-state index contributed by atoms with van der Waals surface area (Å²) in [6.07, 6.45) is 3.43. The van der Waals surface area contributed by atoms with Crippen molar-refractivity contribution < 1.29 is 9.57 Å². The smallest absolute Gasteiger partial charge is 0.246 e. The highest BCUT2D eigenvalue weighted by atomic mass is 16.8. The van der Waals surface area contributed by atoms with Crippen molar-refractivity contribution >= 4 is 5.71 Å². The van der Waals surface area contributed by atoms with E-state index in [0.29, 0.717) is 6.61 Å². The number of ether oxygens (including phenoxy) is 1. The van der Waals surface area contributed by atoms with Crippen LogP contribution in [0.5, 0.6) is 0 Å². The molecule has 3 heteroatoms. The van der Waals surface area contributed by atoms with Crippen molar-refractivity contribution in [2.75, 3.05) is 6.61 Å². The Kier molecular flexibility index (Phi) is 3.15. The van der Waals surface area contributed by atoms with Gasteiger partial charge in [-0.3, -0.25) is 0 Å². The molecule has 0 N–H and O–H groups in total. The molecule has 0 fully saturated rings. The normalized spacial score (nSPS) is 19.5. The van der Waals surface area contributed by atoms with Gasteiger partial charge >= 0.3 is 0 Å². The Morgan fingerprint density at radius 1 is 1.33 bits per heavy atom. The predicted octanol–water partition coefficient (Wildman–Crippen LogP) is 2.34. The van der Waals surface area contributed by atoms with E-state index in [1.165, 1.54) is 0 Å². The summed E-state index contributed by atoms with van der Waals surface area (Å²) in [5, 5.41) is 4.00. The summed E-state index contributed by atoms with van der Waals surface area (Å²) in [6.45, 7) is 2.54. The molecule has 1 aromatic carbocycles. The molecule has 0 amide bonds. The van der Waals surface area contributed by atoms with E-state index >= 15 is 0 Å². The van der Waals surface area contributed by atoms with E-state index < -0.39 is 0 Å². The Morgan fingerprint density at radius 3 is 2.73 bits per heavy atom. The summed E-state index contributed by atoms with van der Waals surface area (Å²) >= 11 is 0. The Hall–Kier alpha value is -1.61. The van der Waals surface area contributed by atoms with Gasteiger partial charge in [-0.1, -0.05) is 35.5 Å². The zero-order valence-corrected chi connectivity index (χ0v) is 8.59. The first-order chi connectivity index (χ1) is 7.40. The summed E-state index contributed by atoms with van der Waals surface area (Å²) in [7, 11) is 0. The Morgan fingerprint density at radius 2 is 2.13 bits per heavy atom. The second-order valence-corrected chi connectivity index (χ2v) is 3.13. The van der Waals surface area contributed by atoms with Crippen molar-refractivity contribution in [3.05, 3.63) is 48.0 Å². The van der Waals surface area contributed by atoms with Crippen LogP contribution in [0.1, 0.15) is 12.5 Å². The largest absolute Gasteiger partial charge is 0.359 e. The van der Waals surface area contributed by atoms with Crippen LogP contribution in [0.2, 0.25) is 0 Å². The van der Waals surface area contributed by atoms with Crippen LogP contribution in [0.4, 0.5) is 0 Å². The van der Waals surface area contributed by atoms with Crippen molar-refractivity contribution in [2.45, 2.75) is 13.2 Å². The van der Waals surface area contributed by atoms with Gasteiger partial charge in [0, 0.05) is 12.2 Å². The predicted molar refractivity (Wildman–Crippen MR) is 58.6 cm³/mol. The van der Waals surface area contributed by atoms with Crippen LogP contribution in [0, 0.1) is 0 Å². The molecule has 0 aromatic heterocycles. The van der Waals surface area contributed by atoms with E-state index in [-0.39, 0.29) is 6.29 Å². The summed E-state index contributed by atoms with van der Waals surface area (Å²) in [4.78, 5) is 5.16. The van der Waals surface area contributed by atoms with Crippen molar-refractivity contribution in [2.24, 2.45) is 5.16 Å². The van der Waals surface area contributed by atoms with Crippen LogP contribution in [-0.2, 0) is 9.57 Å². The fraction of sp³-hybridized carbons (Fsp3) is 0.250. The average molecular weight is 203 g/mol. The monoisotopic (exact) mass is 203 g/mol. The van der Waals surface area contributed by atoms with E-state index in [2.05, 4.69) is 5.16 Å². The lowest BCUT2D eigenvalue weighted by Crippen LogP contribution is -2.17. The molecule has 1 aliphatic heterocycles. The van der Waals surface area contributed by atoms with E-state index in [1.54, 1.807) is 0 Å². The highest BCUT2D eigenvalue weighted by Gasteiger charge is 2.11. The second kappa shape index (κ2) is 4.75. The molecule has 0 saturated heterocycles. The summed E-state index contributed by atoms with van der Waals surface area (Å²) in [5.41, 5.74) is 1.87. The van der Waals surface area contributed by atoms with Gasteiger partial charge in [0.15, 0.2) is 0 Å². The number of allylic oxidation sites excluding steroid dienone is 1. The van der Waals surface area contributed by atoms with Crippen LogP contribution in [0.25, 0.3) is 0 Å². The summed E-state index contributed by atoms with van der Waals surface area (Å²) in [6, 6.07) is 9.90. The van der Waals surface area contributed by atoms with Gasteiger partial charge in [-0.25, -0.2) is 0 Å². The number of nitrogens with zero attached hydrogens (tertiary/aromatic N) is 1. The lowest BCUT2D eigenvalue weighted by atomic mass is 10.1. The van der Waals surface area contributed by atoms with Crippen molar-refractivity contribution in [3.63, 3.8) is 0 Å². The number of hydrogen-bond donors (Lipinski definition) is 0. The van der Waals surface area contributed by atoms with E-state index in [1.807, 2.05) is 49.4 Å². The minimum atomic E-state index is -0.345. The first-order valence-electron chi connectivity index (χ1n) is 4.99. The SMILES string of the molecule is CCO[C@@H]1C=CC(c2ccccc2)=NO1. The lowest BCUT2D eigenvalue weighted by molar-refractivity contribution is -0.108. The van der Waals surface area contributed by atoms with Crippen molar-refractivity contribution in [1.29, 1.82) is 0 Å². The maximum Gasteiger partial charge on any atom is 0.246 e. The van der Waals surface area contributed by atoms with Gasteiger partial charge in [0.25, 0.3) is 0 Å². The van der Waals surface area contributed by atoms with Crippen molar-refractivity contribution in [1.82, 2.24) is 0 Å². The summed E-state index contributed by atoms with van der Waals surface area (Å²) in [5.74, 6) is 0. The third kappa shape index (κ3) is 2.44. The number of hydrogen-bond acceptors (Lipinski definition) is 3. The molecule has 1 aromatic rings. The zero-order valence-electron chi connectivity index (χ0n) is 8.59. The zero-order chi connectivity index (χ0) is 10.5. The molecular formula is C12H13NO2. The highest BCUT2D eigenvalue weighted by molar-refractivity contribution is 6.08. The van der Waals surface area contributed by atoms with Gasteiger partial charge in [0.05, 0.1) is 0 Å². The fourth-order valence-electron chi connectivity index (χ4n) is 1.35. The quantitative estimate of drug-likeness (QED) is 0.755. The van der Waals surface area contributed by atoms with Crippen LogP contribution in [0.15, 0.2) is 47.6 Å². The topological polar surface area (TPSA) is 30.8 Å². The first kappa shape index (κ1) is 9.93. The van der Waals surface area contributed by atoms with Crippen LogP contribution >= 0.6 is 0 Å². The lowest BCUT2D eigenvalue weighted by Gasteiger charge is -2.15. The molecular weight excluding hydrogens is 190 g/mol. The molecule has 0 saturated carbocycles. The molecule has 15 heavy (non-hydrogen) atoms. The molecule has 2 rings (SSSR count). The maximum atomic E-state index is 5.25. The molecule has 78 valence electrons.